The zero-order chi connectivity index (χ0) is 16.4. The average Bonchev–Trinajstić information content (AvgIpc) is 2.90. The number of amides is 1. The van der Waals surface area contributed by atoms with E-state index in [9.17, 15) is 9.18 Å². The third-order valence-electron chi connectivity index (χ3n) is 5.23. The first kappa shape index (κ1) is 16.4. The Kier molecular flexibility index (Phi) is 4.97. The smallest absolute Gasteiger partial charge is 0.219 e. The third-order valence-corrected chi connectivity index (χ3v) is 5.23. The molecule has 0 bridgehead atoms. The van der Waals surface area contributed by atoms with Gasteiger partial charge in [-0.3, -0.25) is 14.6 Å². The summed E-state index contributed by atoms with van der Waals surface area (Å²) in [6, 6.07) is 7.56. The quantitative estimate of drug-likeness (QED) is 0.850. The molecule has 0 aliphatic carbocycles. The molecule has 1 aromatic rings. The molecule has 2 heterocycles. The second-order valence-electron chi connectivity index (χ2n) is 6.87. The number of rotatable bonds is 3. The molecule has 0 saturated carbocycles. The highest BCUT2D eigenvalue weighted by Gasteiger charge is 2.35. The number of hydrogen-bond donors (Lipinski definition) is 0. The lowest BCUT2D eigenvalue weighted by atomic mass is 10.0. The fourth-order valence-corrected chi connectivity index (χ4v) is 3.89. The van der Waals surface area contributed by atoms with Crippen molar-refractivity contribution in [3.05, 3.63) is 35.6 Å². The van der Waals surface area contributed by atoms with Gasteiger partial charge in [-0.1, -0.05) is 25.1 Å². The van der Waals surface area contributed by atoms with Crippen LogP contribution >= 0.6 is 0 Å². The molecule has 0 aromatic heterocycles. The Hall–Kier alpha value is -1.46. The first-order chi connectivity index (χ1) is 11.0. The number of hydrogen-bond acceptors (Lipinski definition) is 3. The number of halogens is 1. The van der Waals surface area contributed by atoms with Gasteiger partial charge in [-0.05, 0) is 12.0 Å². The van der Waals surface area contributed by atoms with E-state index < -0.39 is 0 Å². The summed E-state index contributed by atoms with van der Waals surface area (Å²) in [6.07, 6.45) is 0. The van der Waals surface area contributed by atoms with Gasteiger partial charge in [0.25, 0.3) is 0 Å². The van der Waals surface area contributed by atoms with Crippen LogP contribution in [0.1, 0.15) is 19.4 Å². The first-order valence-corrected chi connectivity index (χ1v) is 8.50. The van der Waals surface area contributed by atoms with Crippen molar-refractivity contribution < 1.29 is 9.18 Å². The molecule has 0 spiro atoms. The van der Waals surface area contributed by atoms with E-state index in [2.05, 4.69) is 16.7 Å². The molecule has 1 aromatic carbocycles. The van der Waals surface area contributed by atoms with Gasteiger partial charge in [0.15, 0.2) is 0 Å². The molecule has 0 radical (unpaired) electrons. The number of piperazine rings is 1. The van der Waals surface area contributed by atoms with Crippen molar-refractivity contribution in [2.75, 3.05) is 39.3 Å². The van der Waals surface area contributed by atoms with Gasteiger partial charge in [0.1, 0.15) is 5.82 Å². The van der Waals surface area contributed by atoms with Crippen LogP contribution in [0.15, 0.2) is 24.3 Å². The van der Waals surface area contributed by atoms with E-state index in [1.165, 1.54) is 6.07 Å². The highest BCUT2D eigenvalue weighted by Crippen LogP contribution is 2.25. The number of likely N-dealkylation sites (tertiary alicyclic amines) is 1. The van der Waals surface area contributed by atoms with Crippen molar-refractivity contribution in [2.24, 2.45) is 5.92 Å². The standard InChI is InChI=1S/C18H26FN3O/c1-14-11-20(12-16-5-3-4-6-17(16)19)13-18(14)22-9-7-21(8-10-22)15(2)23/h3-6,14,18H,7-13H2,1-2H3/t14-,18-/m0/s1. The van der Waals surface area contributed by atoms with Crippen LogP contribution in [0, 0.1) is 11.7 Å². The minimum Gasteiger partial charge on any atom is -0.340 e. The lowest BCUT2D eigenvalue weighted by Gasteiger charge is -2.39. The molecule has 126 valence electrons. The number of benzene rings is 1. The number of nitrogens with zero attached hydrogens (tertiary/aromatic N) is 3. The molecule has 3 rings (SSSR count). The van der Waals surface area contributed by atoms with Crippen LogP contribution in [-0.2, 0) is 11.3 Å². The summed E-state index contributed by atoms with van der Waals surface area (Å²) >= 11 is 0. The van der Waals surface area contributed by atoms with Crippen molar-refractivity contribution in [1.29, 1.82) is 0 Å². The van der Waals surface area contributed by atoms with Crippen molar-refractivity contribution in [1.82, 2.24) is 14.7 Å². The van der Waals surface area contributed by atoms with Gasteiger partial charge in [-0.2, -0.15) is 0 Å². The molecule has 0 N–H and O–H groups in total. The number of carbonyl (C=O) groups is 1. The Labute approximate surface area is 137 Å². The van der Waals surface area contributed by atoms with Crippen LogP contribution in [0.5, 0.6) is 0 Å². The third kappa shape index (κ3) is 3.72. The zero-order valence-electron chi connectivity index (χ0n) is 14.0. The Balaban J connectivity index is 1.57. The average molecular weight is 319 g/mol. The normalized spacial score (nSPS) is 26.7. The fraction of sp³-hybridized carbons (Fsp3) is 0.611. The molecule has 1 amide bonds. The van der Waals surface area contributed by atoms with Crippen molar-refractivity contribution >= 4 is 5.91 Å². The lowest BCUT2D eigenvalue weighted by molar-refractivity contribution is -0.130. The second-order valence-corrected chi connectivity index (χ2v) is 6.87. The van der Waals surface area contributed by atoms with Crippen LogP contribution in [0.3, 0.4) is 0 Å². The molecule has 5 heteroatoms. The van der Waals surface area contributed by atoms with Gasteiger partial charge >= 0.3 is 0 Å². The molecule has 2 aliphatic rings. The van der Waals surface area contributed by atoms with Gasteiger partial charge in [0, 0.05) is 64.3 Å². The lowest BCUT2D eigenvalue weighted by Crippen LogP contribution is -2.53. The van der Waals surface area contributed by atoms with Crippen LogP contribution in [-0.4, -0.2) is 65.9 Å². The largest absolute Gasteiger partial charge is 0.340 e. The molecule has 0 unspecified atom stereocenters. The van der Waals surface area contributed by atoms with Crippen molar-refractivity contribution in [3.8, 4) is 0 Å². The predicted octanol–water partition coefficient (Wildman–Crippen LogP) is 1.81. The van der Waals surface area contributed by atoms with E-state index in [0.717, 1.165) is 44.8 Å². The monoisotopic (exact) mass is 319 g/mol. The van der Waals surface area contributed by atoms with Gasteiger partial charge in [0.2, 0.25) is 5.91 Å². The van der Waals surface area contributed by atoms with Gasteiger partial charge in [-0.15, -0.1) is 0 Å². The summed E-state index contributed by atoms with van der Waals surface area (Å²) < 4.78 is 13.8. The number of carbonyl (C=O) groups excluding carboxylic acids is 1. The zero-order valence-corrected chi connectivity index (χ0v) is 14.0. The summed E-state index contributed by atoms with van der Waals surface area (Å²) in [4.78, 5) is 18.2. The summed E-state index contributed by atoms with van der Waals surface area (Å²) in [7, 11) is 0. The van der Waals surface area contributed by atoms with Crippen molar-refractivity contribution in [3.63, 3.8) is 0 Å². The van der Waals surface area contributed by atoms with Crippen molar-refractivity contribution in [2.45, 2.75) is 26.4 Å². The maximum Gasteiger partial charge on any atom is 0.219 e. The Morgan fingerprint density at radius 3 is 2.52 bits per heavy atom. The Morgan fingerprint density at radius 2 is 1.87 bits per heavy atom. The second kappa shape index (κ2) is 6.97. The van der Waals surface area contributed by atoms with E-state index in [1.807, 2.05) is 17.0 Å². The van der Waals surface area contributed by atoms with Crippen LogP contribution in [0.2, 0.25) is 0 Å². The van der Waals surface area contributed by atoms with E-state index >= 15 is 0 Å². The fourth-order valence-electron chi connectivity index (χ4n) is 3.89. The molecule has 2 fully saturated rings. The predicted molar refractivity (Wildman–Crippen MR) is 88.5 cm³/mol. The molecule has 2 atom stereocenters. The van der Waals surface area contributed by atoms with Crippen LogP contribution in [0.25, 0.3) is 0 Å². The maximum atomic E-state index is 13.8. The topological polar surface area (TPSA) is 26.8 Å². The maximum absolute atomic E-state index is 13.8. The van der Waals surface area contributed by atoms with E-state index in [0.29, 0.717) is 18.5 Å². The Morgan fingerprint density at radius 1 is 1.17 bits per heavy atom. The molecule has 4 nitrogen and oxygen atoms in total. The molecular formula is C18H26FN3O. The minimum atomic E-state index is -0.112. The van der Waals surface area contributed by atoms with Gasteiger partial charge < -0.3 is 4.90 Å². The summed E-state index contributed by atoms with van der Waals surface area (Å²) in [5.74, 6) is 0.634. The van der Waals surface area contributed by atoms with Gasteiger partial charge in [-0.25, -0.2) is 4.39 Å². The molecule has 2 aliphatic heterocycles. The highest BCUT2D eigenvalue weighted by molar-refractivity contribution is 5.73. The Bertz CT molecular complexity index is 557. The molecule has 23 heavy (non-hydrogen) atoms. The van der Waals surface area contributed by atoms with Gasteiger partial charge in [0.05, 0.1) is 0 Å². The van der Waals surface area contributed by atoms with Crippen LogP contribution < -0.4 is 0 Å². The SMILES string of the molecule is CC(=O)N1CCN([C@H]2CN(Cc3ccccc3F)C[C@@H]2C)CC1. The highest BCUT2D eigenvalue weighted by atomic mass is 19.1. The summed E-state index contributed by atoms with van der Waals surface area (Å²) in [5, 5.41) is 0. The van der Waals surface area contributed by atoms with Crippen LogP contribution in [0.4, 0.5) is 4.39 Å². The van der Waals surface area contributed by atoms with E-state index in [1.54, 1.807) is 13.0 Å². The van der Waals surface area contributed by atoms with E-state index in [-0.39, 0.29) is 11.7 Å². The summed E-state index contributed by atoms with van der Waals surface area (Å²) in [5.41, 5.74) is 0.779. The summed E-state index contributed by atoms with van der Waals surface area (Å²) in [6.45, 7) is 10.1. The van der Waals surface area contributed by atoms with E-state index in [4.69, 9.17) is 0 Å². The molecular weight excluding hydrogens is 293 g/mol. The minimum absolute atomic E-state index is 0.112. The first-order valence-electron chi connectivity index (χ1n) is 8.50. The molecule has 2 saturated heterocycles.